The molecule has 2 fully saturated rings. The molecule has 2 atom stereocenters. The van der Waals surface area contributed by atoms with Crippen molar-refractivity contribution in [3.05, 3.63) is 0 Å². The van der Waals surface area contributed by atoms with E-state index in [4.69, 9.17) is 0 Å². The minimum atomic E-state index is -3.46. The minimum absolute atomic E-state index is 0.000000000000000222. The highest BCUT2D eigenvalue weighted by Gasteiger charge is 2.40. The lowest BCUT2D eigenvalue weighted by Gasteiger charge is -2.22. The van der Waals surface area contributed by atoms with Crippen molar-refractivity contribution in [3.8, 4) is 0 Å². The summed E-state index contributed by atoms with van der Waals surface area (Å²) in [5.74, 6) is 0. The molecule has 2 N–H and O–H groups in total. The Morgan fingerprint density at radius 2 is 1.40 bits per heavy atom. The topological polar surface area (TPSA) is 81.1 Å². The van der Waals surface area contributed by atoms with Gasteiger partial charge >= 0.3 is 0 Å². The fourth-order valence-corrected chi connectivity index (χ4v) is 3.73. The molecule has 2 rings (SSSR count). The number of β-amino-alcohol motifs (C(OH)–C–C–N with tert-alkyl or cyclic N) is 2. The van der Waals surface area contributed by atoms with Gasteiger partial charge in [0, 0.05) is 26.2 Å². The van der Waals surface area contributed by atoms with E-state index in [2.05, 4.69) is 0 Å². The molecule has 0 unspecified atom stereocenters. The number of hydrogen-bond donors (Lipinski definition) is 2. The van der Waals surface area contributed by atoms with Crippen LogP contribution in [0.15, 0.2) is 0 Å². The summed E-state index contributed by atoms with van der Waals surface area (Å²) in [5, 5.41) is 18.6. The van der Waals surface area contributed by atoms with Gasteiger partial charge in [0.05, 0.1) is 12.2 Å². The molecule has 15 heavy (non-hydrogen) atoms. The molecule has 7 heteroatoms. The molecule has 0 aromatic heterocycles. The Kier molecular flexibility index (Phi) is 3.00. The standard InChI is InChI=1S/C8H16N2O4S/c11-7-5-10(6-8(7)12)15(13,14)9-3-1-2-4-9/h7-8,11-12H,1-6H2/t7-,8+. The molecule has 0 saturated carbocycles. The molecular formula is C8H16N2O4S. The summed E-state index contributed by atoms with van der Waals surface area (Å²) >= 11 is 0. The second-order valence-corrected chi connectivity index (χ2v) is 5.99. The third-order valence-electron chi connectivity index (χ3n) is 2.94. The van der Waals surface area contributed by atoms with Crippen molar-refractivity contribution in [3.63, 3.8) is 0 Å². The maximum Gasteiger partial charge on any atom is 0.282 e. The van der Waals surface area contributed by atoms with Crippen molar-refractivity contribution in [1.29, 1.82) is 0 Å². The average Bonchev–Trinajstić information content (AvgIpc) is 2.77. The third kappa shape index (κ3) is 2.02. The van der Waals surface area contributed by atoms with Gasteiger partial charge in [-0.3, -0.25) is 0 Å². The largest absolute Gasteiger partial charge is 0.389 e. The van der Waals surface area contributed by atoms with Crippen LogP contribution in [0.2, 0.25) is 0 Å². The van der Waals surface area contributed by atoms with Gasteiger partial charge in [0.1, 0.15) is 0 Å². The van der Waals surface area contributed by atoms with Crippen molar-refractivity contribution in [2.75, 3.05) is 26.2 Å². The van der Waals surface area contributed by atoms with Crippen LogP contribution in [0.25, 0.3) is 0 Å². The normalized spacial score (nSPS) is 35.1. The third-order valence-corrected chi connectivity index (χ3v) is 4.91. The van der Waals surface area contributed by atoms with E-state index in [1.165, 1.54) is 4.31 Å². The van der Waals surface area contributed by atoms with Crippen molar-refractivity contribution >= 4 is 10.2 Å². The summed E-state index contributed by atoms with van der Waals surface area (Å²) < 4.78 is 26.5. The molecule has 88 valence electrons. The molecule has 2 heterocycles. The predicted octanol–water partition coefficient (Wildman–Crippen LogP) is -1.64. The van der Waals surface area contributed by atoms with E-state index < -0.39 is 22.4 Å². The maximum absolute atomic E-state index is 12.0. The first-order chi connectivity index (χ1) is 7.01. The quantitative estimate of drug-likeness (QED) is 0.603. The highest BCUT2D eigenvalue weighted by molar-refractivity contribution is 7.86. The number of rotatable bonds is 2. The first-order valence-electron chi connectivity index (χ1n) is 5.13. The van der Waals surface area contributed by atoms with Crippen LogP contribution >= 0.6 is 0 Å². The lowest BCUT2D eigenvalue weighted by molar-refractivity contribution is 0.0572. The molecule has 2 aliphatic rings. The van der Waals surface area contributed by atoms with E-state index in [0.717, 1.165) is 17.1 Å². The average molecular weight is 236 g/mol. The van der Waals surface area contributed by atoms with Gasteiger partial charge in [-0.1, -0.05) is 0 Å². The summed E-state index contributed by atoms with van der Waals surface area (Å²) in [6.45, 7) is 1.09. The fourth-order valence-electron chi connectivity index (χ4n) is 2.01. The van der Waals surface area contributed by atoms with E-state index in [0.29, 0.717) is 13.1 Å². The molecule has 2 aliphatic heterocycles. The Morgan fingerprint density at radius 1 is 0.933 bits per heavy atom. The molecule has 0 aliphatic carbocycles. The molecule has 0 spiro atoms. The number of aliphatic hydroxyl groups excluding tert-OH is 2. The Balaban J connectivity index is 2.09. The van der Waals surface area contributed by atoms with Crippen LogP contribution in [0.1, 0.15) is 12.8 Å². The molecule has 2 saturated heterocycles. The molecule has 0 aromatic carbocycles. The van der Waals surface area contributed by atoms with Crippen LogP contribution in [0.4, 0.5) is 0 Å². The fraction of sp³-hybridized carbons (Fsp3) is 1.00. The maximum atomic E-state index is 12.0. The smallest absolute Gasteiger partial charge is 0.282 e. The molecule has 6 nitrogen and oxygen atoms in total. The van der Waals surface area contributed by atoms with Crippen LogP contribution < -0.4 is 0 Å². The zero-order valence-corrected chi connectivity index (χ0v) is 9.23. The number of hydrogen-bond acceptors (Lipinski definition) is 4. The molecule has 0 amide bonds. The van der Waals surface area contributed by atoms with Crippen LogP contribution in [0.3, 0.4) is 0 Å². The molecule has 0 radical (unpaired) electrons. The van der Waals surface area contributed by atoms with Crippen LogP contribution in [0.5, 0.6) is 0 Å². The monoisotopic (exact) mass is 236 g/mol. The predicted molar refractivity (Wildman–Crippen MR) is 53.3 cm³/mol. The lowest BCUT2D eigenvalue weighted by Crippen LogP contribution is -2.41. The summed E-state index contributed by atoms with van der Waals surface area (Å²) in [4.78, 5) is 0. The summed E-state index contributed by atoms with van der Waals surface area (Å²) in [6, 6.07) is 0. The Hall–Kier alpha value is -0.210. The van der Waals surface area contributed by atoms with Gasteiger partial charge in [-0.05, 0) is 12.8 Å². The minimum Gasteiger partial charge on any atom is -0.389 e. The highest BCUT2D eigenvalue weighted by atomic mass is 32.2. The Bertz CT molecular complexity index is 316. The second kappa shape index (κ2) is 3.99. The molecular weight excluding hydrogens is 220 g/mol. The van der Waals surface area contributed by atoms with Crippen molar-refractivity contribution in [2.45, 2.75) is 25.0 Å². The van der Waals surface area contributed by atoms with Gasteiger partial charge in [0.25, 0.3) is 10.2 Å². The number of nitrogens with zero attached hydrogens (tertiary/aromatic N) is 2. The van der Waals surface area contributed by atoms with E-state index in [9.17, 15) is 18.6 Å². The Labute approximate surface area is 89.3 Å². The van der Waals surface area contributed by atoms with Gasteiger partial charge in [-0.2, -0.15) is 17.0 Å². The molecule has 0 aromatic rings. The first-order valence-corrected chi connectivity index (χ1v) is 6.53. The van der Waals surface area contributed by atoms with Gasteiger partial charge in [0.15, 0.2) is 0 Å². The lowest BCUT2D eigenvalue weighted by atomic mass is 10.3. The van der Waals surface area contributed by atoms with Crippen LogP contribution in [-0.2, 0) is 10.2 Å². The van der Waals surface area contributed by atoms with Gasteiger partial charge in [-0.25, -0.2) is 0 Å². The summed E-state index contributed by atoms with van der Waals surface area (Å²) in [7, 11) is -3.46. The van der Waals surface area contributed by atoms with Crippen molar-refractivity contribution in [2.24, 2.45) is 0 Å². The zero-order valence-electron chi connectivity index (χ0n) is 8.41. The van der Waals surface area contributed by atoms with E-state index >= 15 is 0 Å². The van der Waals surface area contributed by atoms with E-state index in [1.54, 1.807) is 0 Å². The Morgan fingerprint density at radius 3 is 1.87 bits per heavy atom. The summed E-state index contributed by atoms with van der Waals surface area (Å²) in [6.07, 6.45) is -0.138. The van der Waals surface area contributed by atoms with Crippen molar-refractivity contribution in [1.82, 2.24) is 8.61 Å². The van der Waals surface area contributed by atoms with Crippen molar-refractivity contribution < 1.29 is 18.6 Å². The van der Waals surface area contributed by atoms with E-state index in [-0.39, 0.29) is 13.1 Å². The van der Waals surface area contributed by atoms with Crippen LogP contribution in [0, 0.1) is 0 Å². The van der Waals surface area contributed by atoms with Crippen LogP contribution in [-0.4, -0.2) is 65.6 Å². The van der Waals surface area contributed by atoms with Gasteiger partial charge in [0.2, 0.25) is 0 Å². The number of aliphatic hydroxyl groups is 2. The van der Waals surface area contributed by atoms with E-state index in [1.807, 2.05) is 0 Å². The molecule has 0 bridgehead atoms. The van der Waals surface area contributed by atoms with Gasteiger partial charge in [-0.15, -0.1) is 0 Å². The SMILES string of the molecule is O=S(=O)(N1CCCC1)N1C[C@@H](O)[C@@H](O)C1. The summed E-state index contributed by atoms with van der Waals surface area (Å²) in [5.41, 5.74) is 0. The first kappa shape index (κ1) is 11.3. The zero-order chi connectivity index (χ0) is 11.1. The highest BCUT2D eigenvalue weighted by Crippen LogP contribution is 2.21. The van der Waals surface area contributed by atoms with Gasteiger partial charge < -0.3 is 10.2 Å². The second-order valence-electron chi connectivity index (χ2n) is 4.07.